The van der Waals surface area contributed by atoms with Crippen LogP contribution < -0.4 is 5.32 Å². The average Bonchev–Trinajstić information content (AvgIpc) is 3.26. The van der Waals surface area contributed by atoms with E-state index in [1.807, 2.05) is 42.6 Å². The Morgan fingerprint density at radius 1 is 1.41 bits per heavy atom. The summed E-state index contributed by atoms with van der Waals surface area (Å²) in [6, 6.07) is 9.40. The molecule has 0 spiro atoms. The summed E-state index contributed by atoms with van der Waals surface area (Å²) in [7, 11) is 0. The number of carbonyl (C=O) groups is 1. The summed E-state index contributed by atoms with van der Waals surface area (Å²) in [5, 5.41) is 14.9. The first-order valence-corrected chi connectivity index (χ1v) is 7.99. The van der Waals surface area contributed by atoms with Crippen molar-refractivity contribution in [2.24, 2.45) is 0 Å². The summed E-state index contributed by atoms with van der Waals surface area (Å²) < 4.78 is 0. The predicted molar refractivity (Wildman–Crippen MR) is 87.5 cm³/mol. The van der Waals surface area contributed by atoms with E-state index in [1.54, 1.807) is 17.4 Å². The first kappa shape index (κ1) is 14.5. The minimum atomic E-state index is -0.410. The third-order valence-corrected chi connectivity index (χ3v) is 4.46. The zero-order chi connectivity index (χ0) is 15.5. The van der Waals surface area contributed by atoms with Gasteiger partial charge in [-0.3, -0.25) is 4.79 Å². The highest BCUT2D eigenvalue weighted by Crippen LogP contribution is 2.41. The second-order valence-corrected chi connectivity index (χ2v) is 6.26. The van der Waals surface area contributed by atoms with E-state index < -0.39 is 5.91 Å². The van der Waals surface area contributed by atoms with Crippen molar-refractivity contribution in [2.75, 3.05) is 5.32 Å². The summed E-state index contributed by atoms with van der Waals surface area (Å²) in [4.78, 5) is 16.6. The van der Waals surface area contributed by atoms with Gasteiger partial charge in [0.05, 0.1) is 10.7 Å². The fourth-order valence-corrected chi connectivity index (χ4v) is 2.97. The Kier molecular flexibility index (Phi) is 4.03. The minimum Gasteiger partial charge on any atom is -0.321 e. The first-order valence-electron chi connectivity index (χ1n) is 7.11. The summed E-state index contributed by atoms with van der Waals surface area (Å²) in [5.74, 6) is 0.173. The number of carbonyl (C=O) groups excluding carboxylic acids is 1. The van der Waals surface area contributed by atoms with Gasteiger partial charge in [0.2, 0.25) is 0 Å². The number of anilines is 1. The molecule has 1 fully saturated rings. The van der Waals surface area contributed by atoms with Crippen LogP contribution in [0.2, 0.25) is 0 Å². The lowest BCUT2D eigenvalue weighted by Gasteiger charge is -2.04. The third-order valence-electron chi connectivity index (χ3n) is 3.43. The van der Waals surface area contributed by atoms with E-state index >= 15 is 0 Å². The predicted octanol–water partition coefficient (Wildman–Crippen LogP) is 3.87. The second-order valence-electron chi connectivity index (χ2n) is 5.37. The molecule has 0 bridgehead atoms. The van der Waals surface area contributed by atoms with E-state index in [1.165, 1.54) is 12.8 Å². The molecule has 0 saturated heterocycles. The van der Waals surface area contributed by atoms with Gasteiger partial charge < -0.3 is 5.32 Å². The summed E-state index contributed by atoms with van der Waals surface area (Å²) in [6.07, 6.45) is 3.93. The number of benzene rings is 1. The standard InChI is InChI=1S/C17H15N3OS/c1-11-2-6-14(7-3-11)19-16(21)13(9-18)8-15-10-22-17(20-15)12-4-5-12/h2-3,6-8,10,12H,4-5H2,1H3,(H,19,21). The van der Waals surface area contributed by atoms with Crippen LogP contribution in [0.3, 0.4) is 0 Å². The Balaban J connectivity index is 1.74. The number of rotatable bonds is 4. The Morgan fingerprint density at radius 2 is 2.14 bits per heavy atom. The number of nitrogens with zero attached hydrogens (tertiary/aromatic N) is 2. The molecule has 1 aliphatic carbocycles. The van der Waals surface area contributed by atoms with Crippen LogP contribution in [0.25, 0.3) is 6.08 Å². The van der Waals surface area contributed by atoms with Crippen LogP contribution in [-0.2, 0) is 4.79 Å². The maximum absolute atomic E-state index is 12.2. The van der Waals surface area contributed by atoms with E-state index in [4.69, 9.17) is 0 Å². The summed E-state index contributed by atoms with van der Waals surface area (Å²) in [5.41, 5.74) is 2.54. The average molecular weight is 309 g/mol. The Hall–Kier alpha value is -2.45. The van der Waals surface area contributed by atoms with E-state index in [0.717, 1.165) is 10.6 Å². The van der Waals surface area contributed by atoms with Gasteiger partial charge in [-0.25, -0.2) is 4.98 Å². The van der Waals surface area contributed by atoms with Crippen LogP contribution >= 0.6 is 11.3 Å². The van der Waals surface area contributed by atoms with Crippen molar-refractivity contribution >= 4 is 29.0 Å². The normalized spacial score (nSPS) is 14.5. The van der Waals surface area contributed by atoms with Crippen LogP contribution in [-0.4, -0.2) is 10.9 Å². The molecule has 22 heavy (non-hydrogen) atoms. The van der Waals surface area contributed by atoms with Crippen molar-refractivity contribution in [3.63, 3.8) is 0 Å². The highest BCUT2D eigenvalue weighted by molar-refractivity contribution is 7.09. The highest BCUT2D eigenvalue weighted by Gasteiger charge is 2.26. The van der Waals surface area contributed by atoms with Gasteiger partial charge in [0.15, 0.2) is 0 Å². The van der Waals surface area contributed by atoms with E-state index in [2.05, 4.69) is 10.3 Å². The molecular weight excluding hydrogens is 294 g/mol. The molecular formula is C17H15N3OS. The van der Waals surface area contributed by atoms with Gasteiger partial charge in [0.1, 0.15) is 11.6 Å². The molecule has 110 valence electrons. The molecule has 1 aliphatic rings. The van der Waals surface area contributed by atoms with Gasteiger partial charge in [-0.15, -0.1) is 11.3 Å². The minimum absolute atomic E-state index is 0.0632. The van der Waals surface area contributed by atoms with E-state index in [-0.39, 0.29) is 5.57 Å². The molecule has 5 heteroatoms. The number of amides is 1. The maximum Gasteiger partial charge on any atom is 0.266 e. The van der Waals surface area contributed by atoms with Gasteiger partial charge in [0, 0.05) is 17.0 Å². The van der Waals surface area contributed by atoms with Crippen LogP contribution in [0.5, 0.6) is 0 Å². The Labute approximate surface area is 133 Å². The molecule has 1 heterocycles. The lowest BCUT2D eigenvalue weighted by Crippen LogP contribution is -2.13. The third kappa shape index (κ3) is 3.41. The van der Waals surface area contributed by atoms with Crippen LogP contribution in [0, 0.1) is 18.3 Å². The number of aryl methyl sites for hydroxylation is 1. The zero-order valence-electron chi connectivity index (χ0n) is 12.2. The number of aromatic nitrogens is 1. The molecule has 1 N–H and O–H groups in total. The Morgan fingerprint density at radius 3 is 2.77 bits per heavy atom. The molecule has 2 aromatic rings. The molecule has 1 aromatic heterocycles. The molecule has 1 aromatic carbocycles. The second kappa shape index (κ2) is 6.12. The number of thiazole rings is 1. The first-order chi connectivity index (χ1) is 10.7. The smallest absolute Gasteiger partial charge is 0.266 e. The van der Waals surface area contributed by atoms with Gasteiger partial charge in [-0.1, -0.05) is 17.7 Å². The van der Waals surface area contributed by atoms with Crippen LogP contribution in [0.4, 0.5) is 5.69 Å². The maximum atomic E-state index is 12.2. The molecule has 4 nitrogen and oxygen atoms in total. The summed E-state index contributed by atoms with van der Waals surface area (Å²) in [6.45, 7) is 1.98. The zero-order valence-corrected chi connectivity index (χ0v) is 13.0. The van der Waals surface area contributed by atoms with Gasteiger partial charge in [-0.2, -0.15) is 5.26 Å². The topological polar surface area (TPSA) is 65.8 Å². The molecule has 0 unspecified atom stereocenters. The van der Waals surface area contributed by atoms with Crippen molar-refractivity contribution in [3.05, 3.63) is 51.5 Å². The number of nitrogens with one attached hydrogen (secondary N) is 1. The fourth-order valence-electron chi connectivity index (χ4n) is 2.02. The number of nitriles is 1. The lowest BCUT2D eigenvalue weighted by atomic mass is 10.2. The van der Waals surface area contributed by atoms with Crippen molar-refractivity contribution in [1.29, 1.82) is 5.26 Å². The Bertz CT molecular complexity index is 764. The fraction of sp³-hybridized carbons (Fsp3) is 0.235. The largest absolute Gasteiger partial charge is 0.321 e. The van der Waals surface area contributed by atoms with Gasteiger partial charge in [0.25, 0.3) is 5.91 Å². The molecule has 0 radical (unpaired) electrons. The highest BCUT2D eigenvalue weighted by atomic mass is 32.1. The molecule has 1 saturated carbocycles. The van der Waals surface area contributed by atoms with Crippen molar-refractivity contribution in [2.45, 2.75) is 25.7 Å². The molecule has 0 aliphatic heterocycles. The van der Waals surface area contributed by atoms with E-state index in [0.29, 0.717) is 17.3 Å². The van der Waals surface area contributed by atoms with Crippen molar-refractivity contribution in [1.82, 2.24) is 4.98 Å². The van der Waals surface area contributed by atoms with Gasteiger partial charge in [-0.05, 0) is 38.0 Å². The molecule has 3 rings (SSSR count). The van der Waals surface area contributed by atoms with Crippen molar-refractivity contribution < 1.29 is 4.79 Å². The van der Waals surface area contributed by atoms with Crippen LogP contribution in [0.15, 0.2) is 35.2 Å². The van der Waals surface area contributed by atoms with E-state index in [9.17, 15) is 10.1 Å². The number of hydrogen-bond acceptors (Lipinski definition) is 4. The molecule has 0 atom stereocenters. The summed E-state index contributed by atoms with van der Waals surface area (Å²) >= 11 is 1.59. The number of hydrogen-bond donors (Lipinski definition) is 1. The van der Waals surface area contributed by atoms with Crippen LogP contribution in [0.1, 0.15) is 35.0 Å². The molecule has 1 amide bonds. The lowest BCUT2D eigenvalue weighted by molar-refractivity contribution is -0.112. The monoisotopic (exact) mass is 309 g/mol. The SMILES string of the molecule is Cc1ccc(NC(=O)C(C#N)=Cc2csc(C3CC3)n2)cc1. The van der Waals surface area contributed by atoms with Crippen molar-refractivity contribution in [3.8, 4) is 6.07 Å². The quantitative estimate of drug-likeness (QED) is 0.688. The van der Waals surface area contributed by atoms with Gasteiger partial charge >= 0.3 is 0 Å².